The molecule has 0 aromatic rings. The molecule has 0 amide bonds. The van der Waals surface area contributed by atoms with Gasteiger partial charge in [0.2, 0.25) is 0 Å². The van der Waals surface area contributed by atoms with Crippen LogP contribution in [0, 0.1) is 0 Å². The van der Waals surface area contributed by atoms with Gasteiger partial charge in [-0.25, -0.2) is 0 Å². The molecule has 1 rings (SSSR count). The van der Waals surface area contributed by atoms with Gasteiger partial charge in [-0.05, 0) is 43.5 Å². The SMILES string of the molecule is CCCNCCC1=CC=C(COC)CC=C1. The molecular weight excluding hydrogens is 198 g/mol. The average molecular weight is 221 g/mol. The lowest BCUT2D eigenvalue weighted by molar-refractivity contribution is 0.224. The van der Waals surface area contributed by atoms with Crippen molar-refractivity contribution in [1.29, 1.82) is 0 Å². The smallest absolute Gasteiger partial charge is 0.0679 e. The van der Waals surface area contributed by atoms with Gasteiger partial charge in [0.15, 0.2) is 0 Å². The monoisotopic (exact) mass is 221 g/mol. The van der Waals surface area contributed by atoms with E-state index in [1.807, 2.05) is 0 Å². The molecule has 2 nitrogen and oxygen atoms in total. The van der Waals surface area contributed by atoms with Crippen molar-refractivity contribution in [3.8, 4) is 0 Å². The van der Waals surface area contributed by atoms with Gasteiger partial charge >= 0.3 is 0 Å². The van der Waals surface area contributed by atoms with Crippen LogP contribution in [0.3, 0.4) is 0 Å². The highest BCUT2D eigenvalue weighted by Crippen LogP contribution is 2.13. The fraction of sp³-hybridized carbons (Fsp3) is 0.571. The summed E-state index contributed by atoms with van der Waals surface area (Å²) in [7, 11) is 1.74. The summed E-state index contributed by atoms with van der Waals surface area (Å²) in [5.74, 6) is 0. The Morgan fingerprint density at radius 3 is 2.94 bits per heavy atom. The van der Waals surface area contributed by atoms with Gasteiger partial charge in [0, 0.05) is 7.11 Å². The third-order valence-corrected chi connectivity index (χ3v) is 2.59. The Balaban J connectivity index is 2.36. The van der Waals surface area contributed by atoms with Gasteiger partial charge in [0.05, 0.1) is 6.61 Å². The number of methoxy groups -OCH3 is 1. The fourth-order valence-electron chi connectivity index (χ4n) is 1.70. The summed E-state index contributed by atoms with van der Waals surface area (Å²) in [6.45, 7) is 5.11. The van der Waals surface area contributed by atoms with Crippen LogP contribution in [0.2, 0.25) is 0 Å². The summed E-state index contributed by atoms with van der Waals surface area (Å²) in [6.07, 6.45) is 12.2. The van der Waals surface area contributed by atoms with Gasteiger partial charge in [-0.1, -0.05) is 31.2 Å². The Hall–Kier alpha value is -0.860. The maximum atomic E-state index is 5.14. The third kappa shape index (κ3) is 5.29. The van der Waals surface area contributed by atoms with E-state index >= 15 is 0 Å². The quantitative estimate of drug-likeness (QED) is 0.667. The molecule has 0 aliphatic heterocycles. The fourth-order valence-corrected chi connectivity index (χ4v) is 1.70. The zero-order valence-corrected chi connectivity index (χ0v) is 10.5. The second-order valence-corrected chi connectivity index (χ2v) is 4.11. The number of allylic oxidation sites excluding steroid dienone is 4. The molecule has 0 saturated heterocycles. The molecule has 0 unspecified atom stereocenters. The Morgan fingerprint density at radius 2 is 2.19 bits per heavy atom. The van der Waals surface area contributed by atoms with Gasteiger partial charge in [-0.2, -0.15) is 0 Å². The molecule has 1 aliphatic carbocycles. The van der Waals surface area contributed by atoms with E-state index in [4.69, 9.17) is 4.74 Å². The van der Waals surface area contributed by atoms with Crippen molar-refractivity contribution in [3.05, 3.63) is 35.5 Å². The van der Waals surface area contributed by atoms with E-state index in [0.29, 0.717) is 0 Å². The first-order valence-corrected chi connectivity index (χ1v) is 6.11. The van der Waals surface area contributed by atoms with Crippen molar-refractivity contribution in [3.63, 3.8) is 0 Å². The molecule has 0 fully saturated rings. The molecule has 1 N–H and O–H groups in total. The lowest BCUT2D eigenvalue weighted by Gasteiger charge is -2.02. The van der Waals surface area contributed by atoms with Crippen molar-refractivity contribution in [2.24, 2.45) is 0 Å². The van der Waals surface area contributed by atoms with Gasteiger partial charge in [-0.3, -0.25) is 0 Å². The summed E-state index contributed by atoms with van der Waals surface area (Å²) < 4.78 is 5.14. The summed E-state index contributed by atoms with van der Waals surface area (Å²) in [5.41, 5.74) is 2.74. The average Bonchev–Trinajstić information content (AvgIpc) is 2.51. The van der Waals surface area contributed by atoms with Crippen LogP contribution in [0.5, 0.6) is 0 Å². The van der Waals surface area contributed by atoms with Crippen molar-refractivity contribution in [2.75, 3.05) is 26.8 Å². The van der Waals surface area contributed by atoms with E-state index < -0.39 is 0 Å². The van der Waals surface area contributed by atoms with Crippen LogP contribution in [0.1, 0.15) is 26.2 Å². The van der Waals surface area contributed by atoms with Crippen LogP contribution in [0.25, 0.3) is 0 Å². The molecule has 1 aliphatic rings. The van der Waals surface area contributed by atoms with E-state index in [1.54, 1.807) is 7.11 Å². The number of nitrogens with one attached hydrogen (secondary N) is 1. The van der Waals surface area contributed by atoms with Crippen LogP contribution in [-0.4, -0.2) is 26.8 Å². The number of hydrogen-bond acceptors (Lipinski definition) is 2. The molecular formula is C14H23NO. The van der Waals surface area contributed by atoms with Crippen molar-refractivity contribution in [1.82, 2.24) is 5.32 Å². The van der Waals surface area contributed by atoms with Crippen LogP contribution in [0.15, 0.2) is 35.5 Å². The van der Waals surface area contributed by atoms with Crippen LogP contribution in [0.4, 0.5) is 0 Å². The lowest BCUT2D eigenvalue weighted by atomic mass is 10.1. The number of rotatable bonds is 7. The van der Waals surface area contributed by atoms with Crippen molar-refractivity contribution >= 4 is 0 Å². The molecule has 16 heavy (non-hydrogen) atoms. The highest BCUT2D eigenvalue weighted by molar-refractivity contribution is 5.31. The second-order valence-electron chi connectivity index (χ2n) is 4.11. The largest absolute Gasteiger partial charge is 0.380 e. The minimum absolute atomic E-state index is 0.738. The molecule has 0 heterocycles. The van der Waals surface area contributed by atoms with E-state index in [9.17, 15) is 0 Å². The molecule has 2 heteroatoms. The molecule has 0 aromatic carbocycles. The van der Waals surface area contributed by atoms with Crippen LogP contribution >= 0.6 is 0 Å². The molecule has 0 saturated carbocycles. The molecule has 0 radical (unpaired) electrons. The molecule has 0 spiro atoms. The van der Waals surface area contributed by atoms with Crippen LogP contribution < -0.4 is 5.32 Å². The molecule has 0 bridgehead atoms. The molecule has 90 valence electrons. The highest BCUT2D eigenvalue weighted by Gasteiger charge is 1.99. The minimum Gasteiger partial charge on any atom is -0.380 e. The van der Waals surface area contributed by atoms with E-state index in [1.165, 1.54) is 17.6 Å². The van der Waals surface area contributed by atoms with Crippen molar-refractivity contribution in [2.45, 2.75) is 26.2 Å². The zero-order chi connectivity index (χ0) is 11.6. The summed E-state index contributed by atoms with van der Waals surface area (Å²) in [6, 6.07) is 0. The Labute approximate surface area is 99.1 Å². The third-order valence-electron chi connectivity index (χ3n) is 2.59. The Morgan fingerprint density at radius 1 is 1.31 bits per heavy atom. The van der Waals surface area contributed by atoms with E-state index in [0.717, 1.165) is 32.5 Å². The van der Waals surface area contributed by atoms with E-state index in [-0.39, 0.29) is 0 Å². The van der Waals surface area contributed by atoms with Gasteiger partial charge in [0.25, 0.3) is 0 Å². The highest BCUT2D eigenvalue weighted by atomic mass is 16.5. The van der Waals surface area contributed by atoms with Gasteiger partial charge < -0.3 is 10.1 Å². The minimum atomic E-state index is 0.738. The normalized spacial score (nSPS) is 15.6. The van der Waals surface area contributed by atoms with Gasteiger partial charge in [0.1, 0.15) is 0 Å². The molecule has 0 aromatic heterocycles. The van der Waals surface area contributed by atoms with Gasteiger partial charge in [-0.15, -0.1) is 0 Å². The summed E-state index contributed by atoms with van der Waals surface area (Å²) in [4.78, 5) is 0. The molecule has 0 atom stereocenters. The topological polar surface area (TPSA) is 21.3 Å². The van der Waals surface area contributed by atoms with Crippen molar-refractivity contribution < 1.29 is 4.74 Å². The standard InChI is InChI=1S/C14H23NO/c1-3-10-15-11-9-13-5-4-6-14(8-7-13)12-16-2/h4-5,7-8,15H,3,6,9-12H2,1-2H3. The van der Waals surface area contributed by atoms with E-state index in [2.05, 4.69) is 36.5 Å². The second kappa shape index (κ2) is 8.31. The summed E-state index contributed by atoms with van der Waals surface area (Å²) in [5, 5.41) is 3.42. The van der Waals surface area contributed by atoms with Crippen LogP contribution in [-0.2, 0) is 4.74 Å². The Kier molecular flexibility index (Phi) is 6.86. The predicted octanol–water partition coefficient (Wildman–Crippen LogP) is 2.84. The first-order chi connectivity index (χ1) is 7.86. The predicted molar refractivity (Wildman–Crippen MR) is 69.6 cm³/mol. The zero-order valence-electron chi connectivity index (χ0n) is 10.5. The lowest BCUT2D eigenvalue weighted by Crippen LogP contribution is -2.16. The first kappa shape index (κ1) is 13.2. The number of ether oxygens (including phenoxy) is 1. The number of hydrogen-bond donors (Lipinski definition) is 1. The summed E-state index contributed by atoms with van der Waals surface area (Å²) >= 11 is 0. The first-order valence-electron chi connectivity index (χ1n) is 6.11. The maximum absolute atomic E-state index is 5.14. The maximum Gasteiger partial charge on any atom is 0.0679 e. The Bertz CT molecular complexity index is 276.